The summed E-state index contributed by atoms with van der Waals surface area (Å²) in [7, 11) is 0. The van der Waals surface area contributed by atoms with Crippen molar-refractivity contribution in [3.8, 4) is 0 Å². The zero-order valence-electron chi connectivity index (χ0n) is 16.2. The maximum atomic E-state index is 11.0. The zero-order valence-corrected chi connectivity index (χ0v) is 16.2. The highest BCUT2D eigenvalue weighted by molar-refractivity contribution is 5.81. The maximum absolute atomic E-state index is 11.0. The summed E-state index contributed by atoms with van der Waals surface area (Å²) in [6.45, 7) is 21.6. The third kappa shape index (κ3) is 12.4. The van der Waals surface area contributed by atoms with E-state index in [0.29, 0.717) is 19.8 Å². The van der Waals surface area contributed by atoms with Gasteiger partial charge in [-0.25, -0.2) is 4.79 Å². The van der Waals surface area contributed by atoms with Gasteiger partial charge in [0.15, 0.2) is 0 Å². The van der Waals surface area contributed by atoms with Crippen LogP contribution in [0.5, 0.6) is 0 Å². The van der Waals surface area contributed by atoms with E-state index in [1.807, 2.05) is 6.92 Å². The Morgan fingerprint density at radius 2 is 1.65 bits per heavy atom. The molecule has 0 aromatic rings. The van der Waals surface area contributed by atoms with Gasteiger partial charge in [0.2, 0.25) is 0 Å². The van der Waals surface area contributed by atoms with Crippen molar-refractivity contribution in [2.75, 3.05) is 19.8 Å². The molecule has 3 atom stereocenters. The summed E-state index contributed by atoms with van der Waals surface area (Å²) < 4.78 is 10.7. The molecule has 0 spiro atoms. The second-order valence-electron chi connectivity index (χ2n) is 6.48. The van der Waals surface area contributed by atoms with E-state index in [9.17, 15) is 4.79 Å². The second-order valence-corrected chi connectivity index (χ2v) is 6.48. The molecular weight excluding hydrogens is 328 g/mol. The Morgan fingerprint density at radius 1 is 1.00 bits per heavy atom. The van der Waals surface area contributed by atoms with E-state index in [1.54, 1.807) is 6.08 Å². The summed E-state index contributed by atoms with van der Waals surface area (Å²) in [6.07, 6.45) is 7.64. The fourth-order valence-corrected chi connectivity index (χ4v) is 2.33. The van der Waals surface area contributed by atoms with Crippen LogP contribution in [0.4, 0.5) is 0 Å². The van der Waals surface area contributed by atoms with Crippen LogP contribution in [0.15, 0.2) is 47.4 Å². The van der Waals surface area contributed by atoms with Crippen LogP contribution in [-0.4, -0.2) is 51.3 Å². The van der Waals surface area contributed by atoms with Crippen LogP contribution in [0.1, 0.15) is 39.0 Å². The van der Waals surface area contributed by atoms with Crippen LogP contribution in [0.2, 0.25) is 0 Å². The Morgan fingerprint density at radius 3 is 2.23 bits per heavy atom. The van der Waals surface area contributed by atoms with E-state index in [4.69, 9.17) is 9.47 Å². The number of allylic oxidation sites excluding steroid dienone is 2. The van der Waals surface area contributed by atoms with Gasteiger partial charge in [0.05, 0.1) is 25.9 Å². The van der Waals surface area contributed by atoms with Gasteiger partial charge >= 0.3 is 5.97 Å². The Balaban J connectivity index is 3.96. The maximum Gasteiger partial charge on any atom is 0.330 e. The lowest BCUT2D eigenvalue weighted by molar-refractivity contribution is -0.139. The van der Waals surface area contributed by atoms with Gasteiger partial charge in [0.1, 0.15) is 0 Å². The molecule has 0 bridgehead atoms. The smallest absolute Gasteiger partial charge is 0.330 e. The Kier molecular flexibility index (Phi) is 14.1. The molecule has 0 aliphatic heterocycles. The number of esters is 1. The van der Waals surface area contributed by atoms with Crippen molar-refractivity contribution in [2.24, 2.45) is 15.9 Å². The van der Waals surface area contributed by atoms with Gasteiger partial charge < -0.3 is 9.47 Å². The van der Waals surface area contributed by atoms with E-state index < -0.39 is 5.97 Å². The van der Waals surface area contributed by atoms with Crippen LogP contribution in [0, 0.1) is 5.92 Å². The van der Waals surface area contributed by atoms with Crippen LogP contribution < -0.4 is 0 Å². The summed E-state index contributed by atoms with van der Waals surface area (Å²) in [6, 6.07) is 0.296. The van der Waals surface area contributed by atoms with Crippen LogP contribution in [-0.2, 0) is 14.3 Å². The molecule has 0 saturated carbocycles. The van der Waals surface area contributed by atoms with E-state index in [0.717, 1.165) is 43.8 Å². The molecule has 0 radical (unpaired) electrons. The molecule has 0 fully saturated rings. The summed E-state index contributed by atoms with van der Waals surface area (Å²) in [5.41, 5.74) is 1.03. The number of hydrogen-bond acceptors (Lipinski definition) is 5. The first-order chi connectivity index (χ1) is 12.5. The lowest BCUT2D eigenvalue weighted by atomic mass is 10.0. The molecule has 26 heavy (non-hydrogen) atoms. The van der Waals surface area contributed by atoms with Crippen molar-refractivity contribution < 1.29 is 14.3 Å². The average Bonchev–Trinajstić information content (AvgIpc) is 2.66. The Bertz CT molecular complexity index is 474. The van der Waals surface area contributed by atoms with Gasteiger partial charge in [0, 0.05) is 18.0 Å². The van der Waals surface area contributed by atoms with Crippen LogP contribution >= 0.6 is 0 Å². The predicted octanol–water partition coefficient (Wildman–Crippen LogP) is 4.20. The van der Waals surface area contributed by atoms with Gasteiger partial charge in [-0.15, -0.1) is 0 Å². The topological polar surface area (TPSA) is 60.2 Å². The normalized spacial score (nSPS) is 13.9. The fraction of sp³-hybridized carbons (Fsp3) is 0.571. The summed E-state index contributed by atoms with van der Waals surface area (Å²) >= 11 is 0. The molecule has 0 amide bonds. The number of carbonyl (C=O) groups excluding carboxylic acids is 1. The first-order valence-electron chi connectivity index (χ1n) is 9.05. The van der Waals surface area contributed by atoms with E-state index in [2.05, 4.69) is 43.2 Å². The van der Waals surface area contributed by atoms with Crippen LogP contribution in [0.25, 0.3) is 0 Å². The molecule has 0 saturated heterocycles. The minimum atomic E-state index is -0.412. The quantitative estimate of drug-likeness (QED) is 0.169. The summed E-state index contributed by atoms with van der Waals surface area (Å²) in [5.74, 6) is -0.291. The third-order valence-corrected chi connectivity index (χ3v) is 4.07. The number of hydrogen-bond donors (Lipinski definition) is 0. The van der Waals surface area contributed by atoms with Crippen molar-refractivity contribution in [1.82, 2.24) is 0 Å². The zero-order chi connectivity index (χ0) is 19.8. The molecule has 0 N–H and O–H groups in total. The number of carbonyl (C=O) groups is 1. The Hall–Kier alpha value is -2.01. The SMILES string of the molecule is C=CC(=C)CCC(CCCC(COCC(C)COC(=O)C=C)N=C)N=C. The molecule has 5 heteroatoms. The predicted molar refractivity (Wildman–Crippen MR) is 110 cm³/mol. The highest BCUT2D eigenvalue weighted by Crippen LogP contribution is 2.16. The molecule has 0 aliphatic rings. The van der Waals surface area contributed by atoms with Gasteiger partial charge in [-0.1, -0.05) is 38.3 Å². The monoisotopic (exact) mass is 362 g/mol. The molecule has 0 heterocycles. The lowest BCUT2D eigenvalue weighted by Gasteiger charge is -2.17. The molecular formula is C21H34N2O3. The number of ether oxygens (including phenoxy) is 2. The van der Waals surface area contributed by atoms with Crippen molar-refractivity contribution in [3.05, 3.63) is 37.5 Å². The number of nitrogens with zero attached hydrogens (tertiary/aromatic N) is 2. The molecule has 5 nitrogen and oxygen atoms in total. The molecule has 0 aromatic carbocycles. The highest BCUT2D eigenvalue weighted by atomic mass is 16.5. The highest BCUT2D eigenvalue weighted by Gasteiger charge is 2.11. The molecule has 3 unspecified atom stereocenters. The minimum absolute atomic E-state index is 0.0616. The van der Waals surface area contributed by atoms with Gasteiger partial charge in [-0.2, -0.15) is 0 Å². The fourth-order valence-electron chi connectivity index (χ4n) is 2.33. The van der Waals surface area contributed by atoms with Gasteiger partial charge in [-0.05, 0) is 45.5 Å². The summed E-state index contributed by atoms with van der Waals surface area (Å²) in [5, 5.41) is 0. The van der Waals surface area contributed by atoms with E-state index >= 15 is 0 Å². The average molecular weight is 363 g/mol. The van der Waals surface area contributed by atoms with Gasteiger partial charge in [-0.3, -0.25) is 9.98 Å². The largest absolute Gasteiger partial charge is 0.462 e. The number of aliphatic imine (C=N–C) groups is 2. The third-order valence-electron chi connectivity index (χ3n) is 4.07. The first-order valence-corrected chi connectivity index (χ1v) is 9.05. The van der Waals surface area contributed by atoms with Crippen molar-refractivity contribution in [2.45, 2.75) is 51.1 Å². The van der Waals surface area contributed by atoms with Crippen molar-refractivity contribution in [3.63, 3.8) is 0 Å². The Labute approximate surface area is 158 Å². The molecule has 146 valence electrons. The minimum Gasteiger partial charge on any atom is -0.462 e. The standard InChI is InChI=1S/C21H34N2O3/c1-7-17(3)12-13-19(22-5)10-9-11-20(23-6)16-25-14-18(4)15-26-21(24)8-2/h7-8,18-20H,1-3,5-6,9-16H2,4H3. The van der Waals surface area contributed by atoms with E-state index in [-0.39, 0.29) is 18.0 Å². The lowest BCUT2D eigenvalue weighted by Crippen LogP contribution is -2.20. The first kappa shape index (κ1) is 24.0. The van der Waals surface area contributed by atoms with Crippen molar-refractivity contribution >= 4 is 19.4 Å². The summed E-state index contributed by atoms with van der Waals surface area (Å²) in [4.78, 5) is 19.3. The van der Waals surface area contributed by atoms with Gasteiger partial charge in [0.25, 0.3) is 0 Å². The molecule has 0 rings (SSSR count). The van der Waals surface area contributed by atoms with Crippen LogP contribution in [0.3, 0.4) is 0 Å². The second kappa shape index (κ2) is 15.3. The molecule has 0 aromatic heterocycles. The van der Waals surface area contributed by atoms with E-state index in [1.165, 1.54) is 0 Å². The van der Waals surface area contributed by atoms with Crippen molar-refractivity contribution in [1.29, 1.82) is 0 Å². The number of rotatable bonds is 17. The molecule has 0 aliphatic carbocycles.